The van der Waals surface area contributed by atoms with Crippen LogP contribution in [0.3, 0.4) is 0 Å². The number of benzene rings is 1. The van der Waals surface area contributed by atoms with Gasteiger partial charge in [-0.3, -0.25) is 14.3 Å². The van der Waals surface area contributed by atoms with E-state index < -0.39 is 21.7 Å². The Morgan fingerprint density at radius 1 is 1.13 bits per heavy atom. The summed E-state index contributed by atoms with van der Waals surface area (Å²) in [6.45, 7) is 0.959. The SMILES string of the molecule is Cn1cc(C(=O)Nc2cc(Cl)cc(NS(C)(=O)=O)c2)cc1-c1ncc(OC2CN(C(=O)C3CC3)C2)cc1F. The quantitative estimate of drug-likeness (QED) is 0.434. The lowest BCUT2D eigenvalue weighted by Crippen LogP contribution is -2.56. The van der Waals surface area contributed by atoms with E-state index in [4.69, 9.17) is 16.3 Å². The van der Waals surface area contributed by atoms with Gasteiger partial charge in [0.15, 0.2) is 5.82 Å². The maximum atomic E-state index is 15.0. The van der Waals surface area contributed by atoms with Crippen molar-refractivity contribution in [2.24, 2.45) is 13.0 Å². The first-order valence-electron chi connectivity index (χ1n) is 11.8. The Hall–Kier alpha value is -3.64. The number of nitrogens with zero attached hydrogens (tertiary/aromatic N) is 3. The van der Waals surface area contributed by atoms with Crippen LogP contribution in [-0.2, 0) is 21.9 Å². The largest absolute Gasteiger partial charge is 0.485 e. The summed E-state index contributed by atoms with van der Waals surface area (Å²) >= 11 is 6.06. The molecule has 3 heterocycles. The summed E-state index contributed by atoms with van der Waals surface area (Å²) in [5.41, 5.74) is 1.12. The zero-order valence-electron chi connectivity index (χ0n) is 20.6. The Balaban J connectivity index is 1.26. The molecule has 0 spiro atoms. The average molecular weight is 562 g/mol. The number of aromatic nitrogens is 2. The van der Waals surface area contributed by atoms with Gasteiger partial charge in [-0.25, -0.2) is 17.8 Å². The van der Waals surface area contributed by atoms with Crippen molar-refractivity contribution >= 4 is 44.8 Å². The molecule has 2 amide bonds. The van der Waals surface area contributed by atoms with E-state index in [0.29, 0.717) is 18.8 Å². The summed E-state index contributed by atoms with van der Waals surface area (Å²) in [5.74, 6) is -0.537. The third-order valence-corrected chi connectivity index (χ3v) is 7.00. The summed E-state index contributed by atoms with van der Waals surface area (Å²) in [6.07, 6.45) is 5.64. The lowest BCUT2D eigenvalue weighted by molar-refractivity contribution is -0.141. The molecule has 3 aromatic rings. The number of pyridine rings is 1. The molecule has 0 atom stereocenters. The van der Waals surface area contributed by atoms with Crippen molar-refractivity contribution in [3.63, 3.8) is 0 Å². The van der Waals surface area contributed by atoms with E-state index >= 15 is 0 Å². The van der Waals surface area contributed by atoms with Crippen molar-refractivity contribution < 1.29 is 27.1 Å². The van der Waals surface area contributed by atoms with Crippen LogP contribution in [-0.4, -0.2) is 60.1 Å². The van der Waals surface area contributed by atoms with Crippen LogP contribution >= 0.6 is 11.6 Å². The van der Waals surface area contributed by atoms with Gasteiger partial charge in [0.2, 0.25) is 15.9 Å². The van der Waals surface area contributed by atoms with Gasteiger partial charge in [0.25, 0.3) is 5.91 Å². The fraction of sp³-hybridized carbons (Fsp3) is 0.320. The highest BCUT2D eigenvalue weighted by Gasteiger charge is 2.40. The lowest BCUT2D eigenvalue weighted by atomic mass is 10.1. The van der Waals surface area contributed by atoms with E-state index in [1.54, 1.807) is 16.5 Å². The number of amides is 2. The number of likely N-dealkylation sites (tertiary alicyclic amines) is 1. The first-order valence-corrected chi connectivity index (χ1v) is 14.1. The van der Waals surface area contributed by atoms with Crippen molar-refractivity contribution in [3.8, 4) is 17.1 Å². The second-order valence-corrected chi connectivity index (χ2v) is 11.7. The molecule has 0 unspecified atom stereocenters. The minimum atomic E-state index is -3.54. The average Bonchev–Trinajstić information content (AvgIpc) is 3.56. The van der Waals surface area contributed by atoms with E-state index in [2.05, 4.69) is 15.0 Å². The zero-order valence-corrected chi connectivity index (χ0v) is 22.1. The molecule has 38 heavy (non-hydrogen) atoms. The summed E-state index contributed by atoms with van der Waals surface area (Å²) in [5, 5.41) is 2.89. The third-order valence-electron chi connectivity index (χ3n) is 6.17. The maximum Gasteiger partial charge on any atom is 0.257 e. The van der Waals surface area contributed by atoms with Gasteiger partial charge < -0.3 is 19.5 Å². The summed E-state index contributed by atoms with van der Waals surface area (Å²) < 4.78 is 47.7. The highest BCUT2D eigenvalue weighted by Crippen LogP contribution is 2.33. The number of rotatable bonds is 8. The number of aryl methyl sites for hydroxylation is 1. The summed E-state index contributed by atoms with van der Waals surface area (Å²) in [4.78, 5) is 30.9. The van der Waals surface area contributed by atoms with Gasteiger partial charge in [-0.05, 0) is 37.1 Å². The molecule has 1 aromatic carbocycles. The first kappa shape index (κ1) is 26.0. The second kappa shape index (κ2) is 9.91. The van der Waals surface area contributed by atoms with Gasteiger partial charge in [0.1, 0.15) is 17.5 Å². The molecule has 1 saturated heterocycles. The normalized spacial score (nSPS) is 15.6. The van der Waals surface area contributed by atoms with Gasteiger partial charge in [-0.15, -0.1) is 0 Å². The fourth-order valence-electron chi connectivity index (χ4n) is 4.21. The number of halogens is 2. The van der Waals surface area contributed by atoms with Gasteiger partial charge in [0, 0.05) is 35.9 Å². The minimum Gasteiger partial charge on any atom is -0.485 e. The molecule has 1 aliphatic carbocycles. The van der Waals surface area contributed by atoms with Crippen LogP contribution in [0.25, 0.3) is 11.4 Å². The Kier molecular flexibility index (Phi) is 6.78. The number of carbonyl (C=O) groups excluding carboxylic acids is 2. The molecule has 0 radical (unpaired) electrons. The Morgan fingerprint density at radius 3 is 2.50 bits per heavy atom. The predicted octanol–water partition coefficient (Wildman–Crippen LogP) is 3.50. The summed E-state index contributed by atoms with van der Waals surface area (Å²) in [7, 11) is -1.88. The molecule has 1 aliphatic heterocycles. The van der Waals surface area contributed by atoms with Crippen molar-refractivity contribution in [2.45, 2.75) is 18.9 Å². The van der Waals surface area contributed by atoms with Gasteiger partial charge >= 0.3 is 0 Å². The highest BCUT2D eigenvalue weighted by atomic mass is 35.5. The van der Waals surface area contributed by atoms with E-state index in [1.807, 2.05) is 0 Å². The molecule has 2 fully saturated rings. The Bertz CT molecular complexity index is 1530. The standard InChI is InChI=1S/C25H25ClFN5O5S/c1-31-11-15(24(33)29-17-6-16(26)7-18(8-17)30-38(2,35)36)5-22(31)23-21(27)9-19(10-28-23)37-20-12-32(13-20)25(34)14-3-4-14/h5-11,14,20,30H,3-4,12-13H2,1-2H3,(H,29,33). The number of hydrogen-bond acceptors (Lipinski definition) is 6. The van der Waals surface area contributed by atoms with E-state index in [0.717, 1.165) is 19.1 Å². The molecular formula is C25H25ClFN5O5S. The van der Waals surface area contributed by atoms with Crippen molar-refractivity contribution in [1.82, 2.24) is 14.5 Å². The van der Waals surface area contributed by atoms with E-state index in [9.17, 15) is 22.4 Å². The Labute approximate surface area is 223 Å². The van der Waals surface area contributed by atoms with Crippen LogP contribution < -0.4 is 14.8 Å². The third kappa shape index (κ3) is 5.91. The number of sulfonamides is 1. The predicted molar refractivity (Wildman–Crippen MR) is 140 cm³/mol. The van der Waals surface area contributed by atoms with Crippen molar-refractivity contribution in [2.75, 3.05) is 29.4 Å². The molecule has 2 aliphatic rings. The fourth-order valence-corrected chi connectivity index (χ4v) is 4.99. The lowest BCUT2D eigenvalue weighted by Gasteiger charge is -2.39. The summed E-state index contributed by atoms with van der Waals surface area (Å²) in [6, 6.07) is 7.05. The van der Waals surface area contributed by atoms with Crippen molar-refractivity contribution in [3.05, 3.63) is 59.1 Å². The molecule has 2 aromatic heterocycles. The van der Waals surface area contributed by atoms with Crippen LogP contribution in [0, 0.1) is 11.7 Å². The van der Waals surface area contributed by atoms with Crippen LogP contribution in [0.5, 0.6) is 5.75 Å². The van der Waals surface area contributed by atoms with Crippen LogP contribution in [0.2, 0.25) is 5.02 Å². The van der Waals surface area contributed by atoms with E-state index in [-0.39, 0.29) is 51.3 Å². The smallest absolute Gasteiger partial charge is 0.257 e. The van der Waals surface area contributed by atoms with Crippen LogP contribution in [0.4, 0.5) is 15.8 Å². The topological polar surface area (TPSA) is 123 Å². The van der Waals surface area contributed by atoms with Gasteiger partial charge in [-0.2, -0.15) is 0 Å². The maximum absolute atomic E-state index is 15.0. The minimum absolute atomic E-state index is 0.0421. The number of nitrogens with one attached hydrogen (secondary N) is 2. The molecule has 200 valence electrons. The molecule has 13 heteroatoms. The first-order chi connectivity index (χ1) is 17.9. The zero-order chi connectivity index (χ0) is 27.2. The van der Waals surface area contributed by atoms with Crippen molar-refractivity contribution in [1.29, 1.82) is 0 Å². The molecule has 2 N–H and O–H groups in total. The molecule has 0 bridgehead atoms. The molecule has 10 nitrogen and oxygen atoms in total. The molecule has 1 saturated carbocycles. The second-order valence-electron chi connectivity index (χ2n) is 9.54. The Morgan fingerprint density at radius 2 is 1.84 bits per heavy atom. The molecular weight excluding hydrogens is 537 g/mol. The number of anilines is 2. The number of hydrogen-bond donors (Lipinski definition) is 2. The highest BCUT2D eigenvalue weighted by molar-refractivity contribution is 7.92. The van der Waals surface area contributed by atoms with Gasteiger partial charge in [0.05, 0.1) is 42.5 Å². The molecule has 5 rings (SSSR count). The van der Waals surface area contributed by atoms with Crippen LogP contribution in [0.15, 0.2) is 42.7 Å². The number of carbonyl (C=O) groups is 2. The van der Waals surface area contributed by atoms with E-state index in [1.165, 1.54) is 42.7 Å². The monoisotopic (exact) mass is 561 g/mol. The van der Waals surface area contributed by atoms with Crippen LogP contribution in [0.1, 0.15) is 23.2 Å². The van der Waals surface area contributed by atoms with Gasteiger partial charge in [-0.1, -0.05) is 11.6 Å². The number of ether oxygens (including phenoxy) is 1.